The molecule has 2 unspecified atom stereocenters. The lowest BCUT2D eigenvalue weighted by atomic mass is 9.89. The number of halogens is 2. The zero-order valence-electron chi connectivity index (χ0n) is 33.2. The van der Waals surface area contributed by atoms with Crippen molar-refractivity contribution < 1.29 is 18.3 Å². The number of ether oxygens (including phenoxy) is 1. The fourth-order valence-electron chi connectivity index (χ4n) is 5.70. The molecular formula is C43H61F2N3O2S. The van der Waals surface area contributed by atoms with Gasteiger partial charge in [0.1, 0.15) is 17.6 Å². The molecule has 1 aliphatic rings. The SMILES string of the molecule is C=C(/N=C1/C(F)=C(c2ccc(F)c3sc(C(C)C)c(C#N)c23)C=C/C1=C(/C)N(C)C(CCC(C)CC)C(C)C)OC.C=CC(C)=O.CCCCC. The van der Waals surface area contributed by atoms with E-state index < -0.39 is 11.6 Å². The standard InChI is InChI=1S/C34H43F2N3OS.C5H12.C4H6O/c1-11-21(6)12-17-29(19(2)3)39(9)22(7)24-13-14-26(31(36)32(24)38-23(8)40-10)25-15-16-28(35)34-30(25)27(18-37)33(41-34)20(4)5;1-3-5-4-2;1-3-4(2)5/h13-16,19-21,29H,8,11-12,17H2,1-7,9-10H3;3-5H2,1-2H3;3H,1H2,2H3/b24-22+,38-32+;;. The van der Waals surface area contributed by atoms with Gasteiger partial charge in [0.2, 0.25) is 5.88 Å². The van der Waals surface area contributed by atoms with Crippen LogP contribution in [-0.2, 0) is 9.53 Å². The Hall–Kier alpha value is -3.83. The first-order valence-electron chi connectivity index (χ1n) is 18.2. The Bertz CT molecular complexity index is 1670. The minimum absolute atomic E-state index is 0.0185. The molecule has 8 heteroatoms. The van der Waals surface area contributed by atoms with Crippen molar-refractivity contribution in [2.24, 2.45) is 16.8 Å². The third-order valence-electron chi connectivity index (χ3n) is 9.17. The van der Waals surface area contributed by atoms with Crippen LogP contribution in [0, 0.1) is 29.0 Å². The second-order valence-corrected chi connectivity index (χ2v) is 14.8. The van der Waals surface area contributed by atoms with E-state index in [-0.39, 0.29) is 34.9 Å². The summed E-state index contributed by atoms with van der Waals surface area (Å²) in [6, 6.07) is 5.41. The number of hydrogen-bond acceptors (Lipinski definition) is 6. The summed E-state index contributed by atoms with van der Waals surface area (Å²) in [6.07, 6.45) is 12.2. The minimum Gasteiger partial charge on any atom is -0.481 e. The number of allylic oxidation sites excluding steroid dienone is 7. The molecule has 0 aliphatic heterocycles. The van der Waals surface area contributed by atoms with E-state index in [0.717, 1.165) is 29.8 Å². The van der Waals surface area contributed by atoms with Crippen LogP contribution >= 0.6 is 11.3 Å². The van der Waals surface area contributed by atoms with Crippen LogP contribution in [0.1, 0.15) is 130 Å². The zero-order chi connectivity index (χ0) is 39.0. The number of thiophene rings is 1. The quantitative estimate of drug-likeness (QED) is 0.144. The Labute approximate surface area is 311 Å². The molecule has 2 aromatic rings. The Balaban J connectivity index is 0.00000114. The summed E-state index contributed by atoms with van der Waals surface area (Å²) in [6.45, 7) is 27.8. The van der Waals surface area contributed by atoms with Gasteiger partial charge in [0, 0.05) is 40.2 Å². The molecule has 0 saturated heterocycles. The van der Waals surface area contributed by atoms with Gasteiger partial charge < -0.3 is 9.64 Å². The number of carbonyl (C=O) groups is 1. The smallest absolute Gasteiger partial charge is 0.206 e. The van der Waals surface area contributed by atoms with Crippen molar-refractivity contribution in [3.63, 3.8) is 0 Å². The summed E-state index contributed by atoms with van der Waals surface area (Å²) in [5.41, 5.74) is 2.73. The minimum atomic E-state index is -0.566. The molecule has 2 atom stereocenters. The van der Waals surface area contributed by atoms with Crippen molar-refractivity contribution in [3.05, 3.63) is 88.3 Å². The van der Waals surface area contributed by atoms with Crippen LogP contribution in [0.15, 0.2) is 71.5 Å². The first kappa shape index (κ1) is 45.2. The Morgan fingerprint density at radius 1 is 1.08 bits per heavy atom. The third-order valence-corrected chi connectivity index (χ3v) is 10.7. The van der Waals surface area contributed by atoms with E-state index in [2.05, 4.69) is 77.7 Å². The first-order valence-corrected chi connectivity index (χ1v) is 19.0. The molecule has 0 radical (unpaired) electrons. The Kier molecular flexibility index (Phi) is 19.7. The lowest BCUT2D eigenvalue weighted by Gasteiger charge is -2.36. The molecule has 1 aromatic heterocycles. The molecule has 0 bridgehead atoms. The zero-order valence-corrected chi connectivity index (χ0v) is 34.0. The van der Waals surface area contributed by atoms with Gasteiger partial charge >= 0.3 is 0 Å². The molecular weight excluding hydrogens is 661 g/mol. The highest BCUT2D eigenvalue weighted by atomic mass is 32.1. The van der Waals surface area contributed by atoms with E-state index in [1.165, 1.54) is 56.8 Å². The molecule has 0 spiro atoms. The number of hydrogen-bond donors (Lipinski definition) is 0. The van der Waals surface area contributed by atoms with Crippen molar-refractivity contribution in [2.45, 2.75) is 120 Å². The lowest BCUT2D eigenvalue weighted by Crippen LogP contribution is -2.36. The highest BCUT2D eigenvalue weighted by Gasteiger charge is 2.29. The number of ketones is 1. The molecule has 1 aliphatic carbocycles. The topological polar surface area (TPSA) is 65.7 Å². The first-order chi connectivity index (χ1) is 24.1. The molecule has 51 heavy (non-hydrogen) atoms. The van der Waals surface area contributed by atoms with Gasteiger partial charge in [-0.05, 0) is 68.7 Å². The maximum atomic E-state index is 16.6. The molecule has 1 aromatic carbocycles. The Morgan fingerprint density at radius 3 is 2.14 bits per heavy atom. The number of rotatable bonds is 14. The normalized spacial score (nSPS) is 15.5. The van der Waals surface area contributed by atoms with Crippen LogP contribution in [-0.4, -0.2) is 36.6 Å². The number of carbonyl (C=O) groups excluding carboxylic acids is 1. The van der Waals surface area contributed by atoms with E-state index in [4.69, 9.17) is 4.74 Å². The lowest BCUT2D eigenvalue weighted by molar-refractivity contribution is -0.112. The van der Waals surface area contributed by atoms with Gasteiger partial charge in [0.25, 0.3) is 0 Å². The number of nitriles is 1. The molecule has 0 saturated carbocycles. The van der Waals surface area contributed by atoms with Crippen LogP contribution in [0.3, 0.4) is 0 Å². The molecule has 280 valence electrons. The van der Waals surface area contributed by atoms with Gasteiger partial charge in [0.15, 0.2) is 11.6 Å². The summed E-state index contributed by atoms with van der Waals surface area (Å²) >= 11 is 1.25. The van der Waals surface area contributed by atoms with Crippen LogP contribution in [0.2, 0.25) is 0 Å². The fourth-order valence-corrected chi connectivity index (χ4v) is 6.89. The maximum absolute atomic E-state index is 16.6. The average Bonchev–Trinajstić information content (AvgIpc) is 3.51. The largest absolute Gasteiger partial charge is 0.481 e. The van der Waals surface area contributed by atoms with E-state index in [0.29, 0.717) is 38.6 Å². The van der Waals surface area contributed by atoms with Gasteiger partial charge in [-0.2, -0.15) is 5.26 Å². The van der Waals surface area contributed by atoms with Crippen molar-refractivity contribution >= 4 is 38.5 Å². The summed E-state index contributed by atoms with van der Waals surface area (Å²) < 4.78 is 37.2. The van der Waals surface area contributed by atoms with E-state index in [1.807, 2.05) is 26.8 Å². The summed E-state index contributed by atoms with van der Waals surface area (Å²) in [5.74, 6) is 0.163. The van der Waals surface area contributed by atoms with E-state index in [9.17, 15) is 14.4 Å². The highest BCUT2D eigenvalue weighted by molar-refractivity contribution is 7.19. The van der Waals surface area contributed by atoms with Crippen molar-refractivity contribution in [3.8, 4) is 6.07 Å². The number of fused-ring (bicyclic) bond motifs is 1. The molecule has 1 heterocycles. The number of aliphatic imine (C=N–C) groups is 1. The monoisotopic (exact) mass is 721 g/mol. The van der Waals surface area contributed by atoms with Crippen LogP contribution < -0.4 is 0 Å². The van der Waals surface area contributed by atoms with Crippen LogP contribution in [0.4, 0.5) is 8.78 Å². The molecule has 0 N–H and O–H groups in total. The van der Waals surface area contributed by atoms with Gasteiger partial charge in [-0.25, -0.2) is 13.8 Å². The van der Waals surface area contributed by atoms with Crippen molar-refractivity contribution in [2.75, 3.05) is 14.2 Å². The molecule has 0 fully saturated rings. The van der Waals surface area contributed by atoms with Gasteiger partial charge in [-0.3, -0.25) is 4.79 Å². The van der Waals surface area contributed by atoms with Crippen molar-refractivity contribution in [1.29, 1.82) is 5.26 Å². The number of methoxy groups -OCH3 is 1. The van der Waals surface area contributed by atoms with E-state index in [1.54, 1.807) is 12.1 Å². The average molecular weight is 722 g/mol. The maximum Gasteiger partial charge on any atom is 0.206 e. The third kappa shape index (κ3) is 12.4. The van der Waals surface area contributed by atoms with Gasteiger partial charge in [-0.1, -0.05) is 106 Å². The molecule has 0 amide bonds. The molecule has 5 nitrogen and oxygen atoms in total. The molecule has 3 rings (SSSR count). The van der Waals surface area contributed by atoms with Crippen LogP contribution in [0.5, 0.6) is 0 Å². The van der Waals surface area contributed by atoms with Gasteiger partial charge in [0.05, 0.1) is 17.4 Å². The summed E-state index contributed by atoms with van der Waals surface area (Å²) in [5, 5.41) is 10.5. The summed E-state index contributed by atoms with van der Waals surface area (Å²) in [7, 11) is 3.50. The Morgan fingerprint density at radius 2 is 1.69 bits per heavy atom. The number of unbranched alkanes of at least 4 members (excludes halogenated alkanes) is 2. The van der Waals surface area contributed by atoms with Crippen LogP contribution in [0.25, 0.3) is 15.7 Å². The van der Waals surface area contributed by atoms with E-state index >= 15 is 4.39 Å². The number of benzene rings is 1. The second-order valence-electron chi connectivity index (χ2n) is 13.7. The fraction of sp³-hybridized carbons (Fsp3) is 0.512. The van der Waals surface area contributed by atoms with Gasteiger partial charge in [-0.15, -0.1) is 11.3 Å². The predicted octanol–water partition coefficient (Wildman–Crippen LogP) is 12.9. The summed E-state index contributed by atoms with van der Waals surface area (Å²) in [4.78, 5) is 17.2. The predicted molar refractivity (Wildman–Crippen MR) is 215 cm³/mol. The number of nitrogens with zero attached hydrogens (tertiary/aromatic N) is 3. The van der Waals surface area contributed by atoms with Crippen molar-refractivity contribution in [1.82, 2.24) is 4.90 Å². The second kappa shape index (κ2) is 22.2. The highest BCUT2D eigenvalue weighted by Crippen LogP contribution is 2.43.